The van der Waals surface area contributed by atoms with Gasteiger partial charge >= 0.3 is 51.4 Å². The summed E-state index contributed by atoms with van der Waals surface area (Å²) in [7, 11) is -15.6. The summed E-state index contributed by atoms with van der Waals surface area (Å²) in [6.45, 7) is 33.6. The molecular weight excluding hydrogens is 529 g/mol. The zero-order valence-corrected chi connectivity index (χ0v) is 30.9. The molecule has 0 aromatic heterocycles. The first kappa shape index (κ1) is 32.5. The van der Waals surface area contributed by atoms with Gasteiger partial charge in [0, 0.05) is 0 Å². The van der Waals surface area contributed by atoms with Crippen LogP contribution in [0.2, 0.25) is 105 Å². The lowest BCUT2D eigenvalue weighted by atomic mass is 11.8. The van der Waals surface area contributed by atoms with E-state index in [1.165, 1.54) is 0 Å². The van der Waals surface area contributed by atoms with Crippen LogP contribution in [0.4, 0.5) is 0 Å². The summed E-state index contributed by atoms with van der Waals surface area (Å²) < 4.78 is 44.8. The van der Waals surface area contributed by atoms with Gasteiger partial charge in [0.05, 0.1) is 0 Å². The molecule has 2 radical (unpaired) electrons. The van der Waals surface area contributed by atoms with Gasteiger partial charge in [0.15, 0.2) is 8.32 Å². The third-order valence-corrected chi connectivity index (χ3v) is 30.2. The fourth-order valence-electron chi connectivity index (χ4n) is 4.07. The van der Waals surface area contributed by atoms with Crippen LogP contribution in [0.1, 0.15) is 0 Å². The molecule has 0 N–H and O–H groups in total. The maximum Gasteiger partial charge on any atom is 0.314 e. The number of hydrogen-bond acceptors (Lipinski definition) is 7. The SMILES string of the molecule is C[Si]O[Si](C)(C)O[Si](C)(C)O[Si](C)(C)O[Si](C)(C)O[Si](C)(C)O[Si](C)(C)O[Si](C)(C)C. The van der Waals surface area contributed by atoms with Crippen LogP contribution in [0.5, 0.6) is 0 Å². The summed E-state index contributed by atoms with van der Waals surface area (Å²) in [6, 6.07) is 0. The molecule has 0 aliphatic rings. The Bertz CT molecular complexity index is 577. The van der Waals surface area contributed by atoms with Crippen molar-refractivity contribution >= 4 is 69.4 Å². The van der Waals surface area contributed by atoms with Crippen LogP contribution in [0, 0.1) is 0 Å². The molecule has 15 heteroatoms. The van der Waals surface area contributed by atoms with Gasteiger partial charge in [0.1, 0.15) is 0 Å². The highest BCUT2D eigenvalue weighted by molar-refractivity contribution is 6.91. The average molecular weight is 577 g/mol. The van der Waals surface area contributed by atoms with Crippen LogP contribution in [-0.2, 0) is 28.8 Å². The summed E-state index contributed by atoms with van der Waals surface area (Å²) in [6.07, 6.45) is 0. The molecule has 0 saturated heterocycles. The third-order valence-electron chi connectivity index (χ3n) is 3.36. The predicted molar refractivity (Wildman–Crippen MR) is 147 cm³/mol. The maximum absolute atomic E-state index is 6.59. The average Bonchev–Trinajstić information content (AvgIpc) is 2.24. The van der Waals surface area contributed by atoms with Gasteiger partial charge in [-0.15, -0.1) is 0 Å². The second-order valence-corrected chi connectivity index (χ2v) is 38.6. The summed E-state index contributed by atoms with van der Waals surface area (Å²) in [5.41, 5.74) is 0. The highest BCUT2D eigenvalue weighted by Gasteiger charge is 2.48. The molecule has 0 bridgehead atoms. The molecule has 0 saturated carbocycles. The predicted octanol–water partition coefficient (Wildman–Crippen LogP) is 5.82. The van der Waals surface area contributed by atoms with Gasteiger partial charge in [-0.1, -0.05) is 0 Å². The molecule has 0 unspecified atom stereocenters. The van der Waals surface area contributed by atoms with Gasteiger partial charge in [-0.3, -0.25) is 0 Å². The molecule has 0 rings (SSSR count). The van der Waals surface area contributed by atoms with E-state index in [2.05, 4.69) is 98.2 Å². The van der Waals surface area contributed by atoms with Gasteiger partial charge in [0.25, 0.3) is 0 Å². The van der Waals surface area contributed by atoms with Crippen LogP contribution < -0.4 is 0 Å². The Hall–Kier alpha value is 1.46. The van der Waals surface area contributed by atoms with Gasteiger partial charge < -0.3 is 28.8 Å². The second kappa shape index (κ2) is 11.0. The molecule has 0 aliphatic heterocycles. The van der Waals surface area contributed by atoms with Crippen molar-refractivity contribution in [3.05, 3.63) is 0 Å². The van der Waals surface area contributed by atoms with E-state index in [0.717, 1.165) is 0 Å². The molecule has 31 heavy (non-hydrogen) atoms. The second-order valence-electron chi connectivity index (χ2n) is 11.4. The van der Waals surface area contributed by atoms with Gasteiger partial charge in [-0.2, -0.15) is 0 Å². The Morgan fingerprint density at radius 3 is 0.806 bits per heavy atom. The van der Waals surface area contributed by atoms with E-state index in [4.69, 9.17) is 28.8 Å². The molecule has 7 nitrogen and oxygen atoms in total. The first-order valence-electron chi connectivity index (χ1n) is 10.9. The summed E-state index contributed by atoms with van der Waals surface area (Å²) in [4.78, 5) is 0. The van der Waals surface area contributed by atoms with Crippen molar-refractivity contribution in [3.63, 3.8) is 0 Å². The van der Waals surface area contributed by atoms with Crippen LogP contribution in [-0.4, -0.2) is 69.4 Å². The zero-order valence-electron chi connectivity index (χ0n) is 22.9. The van der Waals surface area contributed by atoms with Crippen LogP contribution in [0.3, 0.4) is 0 Å². The lowest BCUT2D eigenvalue weighted by Gasteiger charge is -2.43. The van der Waals surface area contributed by atoms with Gasteiger partial charge in [-0.25, -0.2) is 0 Å². The Morgan fingerprint density at radius 1 is 0.355 bits per heavy atom. The molecule has 0 spiro atoms. The Morgan fingerprint density at radius 2 is 0.581 bits per heavy atom. The van der Waals surface area contributed by atoms with Gasteiger partial charge in [0.2, 0.25) is 9.76 Å². The van der Waals surface area contributed by atoms with Crippen molar-refractivity contribution in [1.82, 2.24) is 0 Å². The van der Waals surface area contributed by atoms with E-state index in [9.17, 15) is 0 Å². The molecular formula is C16H48O7Si8. The minimum absolute atomic E-state index is 0.415. The molecule has 0 fully saturated rings. The molecule has 0 aromatic rings. The van der Waals surface area contributed by atoms with E-state index < -0.39 is 59.7 Å². The largest absolute Gasteiger partial charge is 0.437 e. The van der Waals surface area contributed by atoms with Crippen molar-refractivity contribution < 1.29 is 28.8 Å². The monoisotopic (exact) mass is 576 g/mol. The van der Waals surface area contributed by atoms with E-state index >= 15 is 0 Å². The van der Waals surface area contributed by atoms with Crippen molar-refractivity contribution in [1.29, 1.82) is 0 Å². The molecule has 0 atom stereocenters. The first-order valence-corrected chi connectivity index (χ1v) is 32.6. The molecule has 0 heterocycles. The minimum Gasteiger partial charge on any atom is -0.437 e. The minimum atomic E-state index is -2.51. The summed E-state index contributed by atoms with van der Waals surface area (Å²) in [5.74, 6) is 0. The van der Waals surface area contributed by atoms with Crippen molar-refractivity contribution in [2.45, 2.75) is 105 Å². The smallest absolute Gasteiger partial charge is 0.314 e. The Kier molecular flexibility index (Phi) is 11.5. The Labute approximate surface area is 202 Å². The van der Waals surface area contributed by atoms with Crippen LogP contribution >= 0.6 is 0 Å². The lowest BCUT2D eigenvalue weighted by molar-refractivity contribution is 0.266. The fraction of sp³-hybridized carbons (Fsp3) is 1.00. The van der Waals surface area contributed by atoms with Crippen LogP contribution in [0.15, 0.2) is 0 Å². The molecule has 0 aromatic carbocycles. The quantitative estimate of drug-likeness (QED) is 0.242. The third kappa shape index (κ3) is 15.9. The highest BCUT2D eigenvalue weighted by atomic mass is 28.5. The molecule has 186 valence electrons. The van der Waals surface area contributed by atoms with Crippen molar-refractivity contribution in [3.8, 4) is 0 Å². The Balaban J connectivity index is 5.19. The van der Waals surface area contributed by atoms with Gasteiger partial charge in [-0.05, 0) is 105 Å². The normalized spacial score (nSPS) is 15.5. The standard InChI is InChI=1S/C16H48O7Si8/c1-24-17-26(5,6)19-28(9,10)21-30(13,14)23-31(15,16)22-29(11,12)20-27(7,8)18-25(2,3)4/h1-16H3. The number of rotatable bonds is 14. The maximum atomic E-state index is 6.59. The first-order chi connectivity index (χ1) is 13.3. The summed E-state index contributed by atoms with van der Waals surface area (Å²) in [5, 5.41) is 0. The summed E-state index contributed by atoms with van der Waals surface area (Å²) >= 11 is 0. The van der Waals surface area contributed by atoms with Crippen LogP contribution in [0.25, 0.3) is 0 Å². The van der Waals surface area contributed by atoms with E-state index in [1.54, 1.807) is 0 Å². The lowest BCUT2D eigenvalue weighted by Crippen LogP contribution is -2.61. The zero-order chi connectivity index (χ0) is 25.2. The van der Waals surface area contributed by atoms with Crippen molar-refractivity contribution in [2.24, 2.45) is 0 Å². The topological polar surface area (TPSA) is 64.6 Å². The molecule has 0 aliphatic carbocycles. The van der Waals surface area contributed by atoms with E-state index in [-0.39, 0.29) is 0 Å². The van der Waals surface area contributed by atoms with E-state index in [1.807, 2.05) is 6.55 Å². The van der Waals surface area contributed by atoms with E-state index in [0.29, 0.717) is 9.76 Å². The highest BCUT2D eigenvalue weighted by Crippen LogP contribution is 2.28. The fourth-order valence-corrected chi connectivity index (χ4v) is 38.9. The number of hydrogen-bond donors (Lipinski definition) is 0. The molecule has 0 amide bonds. The van der Waals surface area contributed by atoms with Crippen molar-refractivity contribution in [2.75, 3.05) is 0 Å².